The van der Waals surface area contributed by atoms with E-state index in [-0.39, 0.29) is 32.6 Å². The van der Waals surface area contributed by atoms with Gasteiger partial charge in [-0.2, -0.15) is 0 Å². The molecule has 0 aromatic carbocycles. The van der Waals surface area contributed by atoms with Crippen molar-refractivity contribution in [2.45, 2.75) is 290 Å². The summed E-state index contributed by atoms with van der Waals surface area (Å²) in [4.78, 5) is 35.4. The summed E-state index contributed by atoms with van der Waals surface area (Å²) in [7, 11) is -4.42. The highest BCUT2D eigenvalue weighted by Gasteiger charge is 2.26. The van der Waals surface area contributed by atoms with Crippen LogP contribution in [0, 0.1) is 0 Å². The molecule has 0 radical (unpaired) electrons. The summed E-state index contributed by atoms with van der Waals surface area (Å²) in [6.45, 7) is 3.48. The molecule has 0 heterocycles. The lowest BCUT2D eigenvalue weighted by Gasteiger charge is -2.19. The van der Waals surface area contributed by atoms with Crippen molar-refractivity contribution >= 4 is 19.8 Å². The molecule has 0 aromatic heterocycles. The number of nitrogens with two attached hydrogens (primary N) is 1. The summed E-state index contributed by atoms with van der Waals surface area (Å²) in [5.74, 6) is -0.862. The van der Waals surface area contributed by atoms with Crippen LogP contribution >= 0.6 is 7.82 Å². The molecule has 0 fully saturated rings. The first kappa shape index (κ1) is 93.1. The standard InChI is InChI=1S/C89H140NO8P/c1-3-5-7-9-11-13-15-17-19-21-23-25-27-29-31-33-35-37-39-41-43-45-47-49-51-53-55-57-59-61-63-65-67-69-71-73-75-77-79-81-88(91)95-85-87(86-97-99(93,94)96-84-83-90)98-89(92)82-80-78-76-74-72-70-68-66-64-62-60-58-56-54-52-50-48-46-44-42-40-38-36-34-32-30-28-26-24-22-20-18-16-14-12-10-8-6-4-2/h5-8,11-14,17-20,23-26,29-32,35-38,41-44,47-50,54,56,60,62,66,68,87H,3-4,9-10,15-16,21-22,27-28,33-34,39-40,45-46,51-53,55,57-59,61,63-65,67,69-86,90H2,1-2H3,(H,93,94)/b7-5-,8-6-,13-11-,14-12-,19-17-,20-18-,25-23-,26-24-,31-29-,32-30-,37-35-,38-36-,43-41-,44-42-,49-47-,50-48-,56-54-,62-60-,68-66-. The molecule has 0 aromatic rings. The highest BCUT2D eigenvalue weighted by molar-refractivity contribution is 7.47. The minimum Gasteiger partial charge on any atom is -0.462 e. The minimum atomic E-state index is -4.42. The van der Waals surface area contributed by atoms with Gasteiger partial charge in [-0.15, -0.1) is 0 Å². The first-order valence-electron chi connectivity index (χ1n) is 38.9. The average Bonchev–Trinajstić information content (AvgIpc) is 1.35. The third-order valence-electron chi connectivity index (χ3n) is 15.5. The van der Waals surface area contributed by atoms with E-state index in [0.29, 0.717) is 6.42 Å². The number of esters is 2. The highest BCUT2D eigenvalue weighted by Crippen LogP contribution is 2.43. The molecule has 2 atom stereocenters. The van der Waals surface area contributed by atoms with E-state index in [1.807, 2.05) is 0 Å². The Bertz CT molecular complexity index is 2490. The Morgan fingerprint density at radius 3 is 0.778 bits per heavy atom. The van der Waals surface area contributed by atoms with E-state index in [1.165, 1.54) is 70.6 Å². The van der Waals surface area contributed by atoms with Gasteiger partial charge in [-0.25, -0.2) is 4.57 Å². The molecule has 0 aliphatic rings. The van der Waals surface area contributed by atoms with Crippen molar-refractivity contribution in [3.05, 3.63) is 231 Å². The Kier molecular flexibility index (Phi) is 76.2. The van der Waals surface area contributed by atoms with Crippen LogP contribution in [0.2, 0.25) is 0 Å². The van der Waals surface area contributed by atoms with Gasteiger partial charge in [0.25, 0.3) is 0 Å². The van der Waals surface area contributed by atoms with Gasteiger partial charge < -0.3 is 20.1 Å². The monoisotopic (exact) mass is 1380 g/mol. The average molecular weight is 1380 g/mol. The molecule has 0 saturated carbocycles. The molecule has 10 heteroatoms. The van der Waals surface area contributed by atoms with Crippen LogP contribution in [0.3, 0.4) is 0 Å². The molecule has 0 amide bonds. The highest BCUT2D eigenvalue weighted by atomic mass is 31.2. The Morgan fingerprint density at radius 2 is 0.525 bits per heavy atom. The van der Waals surface area contributed by atoms with Crippen LogP contribution in [-0.4, -0.2) is 49.3 Å². The second-order valence-electron chi connectivity index (χ2n) is 24.8. The zero-order valence-electron chi connectivity index (χ0n) is 62.4. The van der Waals surface area contributed by atoms with Crippen LogP contribution in [0.5, 0.6) is 0 Å². The Morgan fingerprint density at radius 1 is 0.303 bits per heavy atom. The molecule has 0 rings (SSSR count). The van der Waals surface area contributed by atoms with Crippen molar-refractivity contribution in [2.75, 3.05) is 26.4 Å². The van der Waals surface area contributed by atoms with Crippen molar-refractivity contribution in [3.63, 3.8) is 0 Å². The quantitative estimate of drug-likeness (QED) is 0.0264. The number of carbonyl (C=O) groups excluding carboxylic acids is 2. The zero-order valence-corrected chi connectivity index (χ0v) is 63.3. The van der Waals surface area contributed by atoms with Crippen LogP contribution in [0.4, 0.5) is 0 Å². The third kappa shape index (κ3) is 80.9. The smallest absolute Gasteiger partial charge is 0.462 e. The van der Waals surface area contributed by atoms with Gasteiger partial charge in [-0.3, -0.25) is 18.6 Å². The first-order valence-corrected chi connectivity index (χ1v) is 40.4. The SMILES string of the molecule is CC/C=C\C/C=C\C/C=C\C/C=C\C/C=C\C/C=C\C/C=C\C/C=C\C/C=C\C/C=C\C/C=C\CCCCCCCC(=O)OC(COC(=O)CCCCCCCCCCCCCCCC/C=C\C/C=C\C/C=C\C/C=C\C/C=C\C/C=C\C/C=C\C/C=C\CC)COP(=O)(O)OCCN. The van der Waals surface area contributed by atoms with E-state index >= 15 is 0 Å². The van der Waals surface area contributed by atoms with E-state index in [2.05, 4.69) is 245 Å². The number of hydrogen-bond acceptors (Lipinski definition) is 8. The van der Waals surface area contributed by atoms with E-state index in [4.69, 9.17) is 24.3 Å². The summed E-state index contributed by atoms with van der Waals surface area (Å²) in [5, 5.41) is 0. The lowest BCUT2D eigenvalue weighted by atomic mass is 10.0. The summed E-state index contributed by atoms with van der Waals surface area (Å²) in [6, 6.07) is 0. The van der Waals surface area contributed by atoms with Crippen molar-refractivity contribution in [1.82, 2.24) is 0 Å². The molecule has 9 nitrogen and oxygen atoms in total. The lowest BCUT2D eigenvalue weighted by Crippen LogP contribution is -2.29. The number of carbonyl (C=O) groups is 2. The van der Waals surface area contributed by atoms with Gasteiger partial charge in [0.05, 0.1) is 13.2 Å². The van der Waals surface area contributed by atoms with Crippen LogP contribution in [0.25, 0.3) is 0 Å². The lowest BCUT2D eigenvalue weighted by molar-refractivity contribution is -0.161. The predicted octanol–water partition coefficient (Wildman–Crippen LogP) is 26.5. The molecule has 0 spiro atoms. The van der Waals surface area contributed by atoms with Crippen molar-refractivity contribution in [3.8, 4) is 0 Å². The molecule has 0 saturated heterocycles. The second kappa shape index (κ2) is 81.0. The molecular formula is C89H140NO8P. The molecular weight excluding hydrogens is 1240 g/mol. The number of rotatable bonds is 70. The van der Waals surface area contributed by atoms with Gasteiger partial charge in [0.2, 0.25) is 0 Å². The minimum absolute atomic E-state index is 0.0389. The van der Waals surface area contributed by atoms with Crippen LogP contribution in [-0.2, 0) is 32.7 Å². The van der Waals surface area contributed by atoms with E-state index in [9.17, 15) is 19.0 Å². The van der Waals surface area contributed by atoms with E-state index in [1.54, 1.807) is 0 Å². The summed E-state index contributed by atoms with van der Waals surface area (Å²) in [6.07, 6.45) is 127. The Labute approximate surface area is 606 Å². The van der Waals surface area contributed by atoms with E-state index in [0.717, 1.165) is 180 Å². The largest absolute Gasteiger partial charge is 0.472 e. The summed E-state index contributed by atoms with van der Waals surface area (Å²) < 4.78 is 33.2. The van der Waals surface area contributed by atoms with E-state index < -0.39 is 32.5 Å². The predicted molar refractivity (Wildman–Crippen MR) is 431 cm³/mol. The van der Waals surface area contributed by atoms with Gasteiger partial charge in [0.15, 0.2) is 6.10 Å². The number of phosphoric ester groups is 1. The van der Waals surface area contributed by atoms with Gasteiger partial charge >= 0.3 is 19.8 Å². The van der Waals surface area contributed by atoms with Crippen LogP contribution in [0.1, 0.15) is 284 Å². The molecule has 3 N–H and O–H groups in total. The summed E-state index contributed by atoms with van der Waals surface area (Å²) in [5.41, 5.74) is 5.41. The van der Waals surface area contributed by atoms with Gasteiger partial charge in [-0.05, 0) is 161 Å². The van der Waals surface area contributed by atoms with Crippen LogP contribution in [0.15, 0.2) is 231 Å². The fourth-order valence-corrected chi connectivity index (χ4v) is 10.7. The Hall–Kier alpha value is -5.93. The topological polar surface area (TPSA) is 134 Å². The fourth-order valence-electron chi connectivity index (χ4n) is 9.89. The molecule has 0 aliphatic carbocycles. The van der Waals surface area contributed by atoms with Crippen molar-refractivity contribution in [1.29, 1.82) is 0 Å². The maximum Gasteiger partial charge on any atom is 0.472 e. The second-order valence-corrected chi connectivity index (χ2v) is 26.2. The number of unbranched alkanes of at least 4 members (excludes halogenated alkanes) is 19. The first-order chi connectivity index (χ1) is 48.8. The van der Waals surface area contributed by atoms with Crippen molar-refractivity contribution < 1.29 is 37.6 Å². The number of phosphoric acid groups is 1. The summed E-state index contributed by atoms with van der Waals surface area (Å²) >= 11 is 0. The molecule has 2 unspecified atom stereocenters. The van der Waals surface area contributed by atoms with Gasteiger partial charge in [-0.1, -0.05) is 341 Å². The third-order valence-corrected chi connectivity index (χ3v) is 16.5. The number of hydrogen-bond donors (Lipinski definition) is 2. The fraction of sp³-hybridized carbons (Fsp3) is 0.551. The normalized spacial score (nSPS) is 14.2. The molecule has 0 bridgehead atoms. The van der Waals surface area contributed by atoms with Crippen molar-refractivity contribution in [2.24, 2.45) is 5.73 Å². The Balaban J connectivity index is 3.98. The maximum atomic E-state index is 12.8. The number of ether oxygens (including phenoxy) is 2. The van der Waals surface area contributed by atoms with Crippen LogP contribution < -0.4 is 5.73 Å². The molecule has 554 valence electrons. The maximum absolute atomic E-state index is 12.8. The molecule has 99 heavy (non-hydrogen) atoms. The van der Waals surface area contributed by atoms with Gasteiger partial charge in [0, 0.05) is 19.4 Å². The number of allylic oxidation sites excluding steroid dienone is 38. The zero-order chi connectivity index (χ0) is 71.5. The molecule has 0 aliphatic heterocycles. The van der Waals surface area contributed by atoms with Gasteiger partial charge in [0.1, 0.15) is 6.61 Å².